The van der Waals surface area contributed by atoms with Crippen molar-refractivity contribution in [1.82, 2.24) is 9.55 Å². The highest BCUT2D eigenvalue weighted by atomic mass is 35.5. The van der Waals surface area contributed by atoms with E-state index in [0.29, 0.717) is 0 Å². The Bertz CT molecular complexity index is 389. The van der Waals surface area contributed by atoms with Gasteiger partial charge in [0.2, 0.25) is 0 Å². The molecule has 5 heteroatoms. The van der Waals surface area contributed by atoms with Crippen LogP contribution in [0.2, 0.25) is 0 Å². The maximum Gasteiger partial charge on any atom is 0.0945 e. The summed E-state index contributed by atoms with van der Waals surface area (Å²) in [5.74, 6) is 0. The largest absolute Gasteiger partial charge is 0.337 e. The van der Waals surface area contributed by atoms with Crippen LogP contribution in [-0.2, 0) is 6.54 Å². The molecule has 1 heterocycles. The van der Waals surface area contributed by atoms with Gasteiger partial charge >= 0.3 is 0 Å². The fourth-order valence-corrected chi connectivity index (χ4v) is 1.57. The van der Waals surface area contributed by atoms with E-state index in [1.54, 1.807) is 6.20 Å². The smallest absolute Gasteiger partial charge is 0.0945 e. The van der Waals surface area contributed by atoms with Gasteiger partial charge in [-0.25, -0.2) is 4.98 Å². The zero-order chi connectivity index (χ0) is 10.5. The van der Waals surface area contributed by atoms with Gasteiger partial charge in [-0.3, -0.25) is 0 Å². The van der Waals surface area contributed by atoms with Gasteiger partial charge in [-0.05, 0) is 12.0 Å². The van der Waals surface area contributed by atoms with Gasteiger partial charge in [-0.1, -0.05) is 30.3 Å². The van der Waals surface area contributed by atoms with Crippen LogP contribution in [-0.4, -0.2) is 9.55 Å². The third kappa shape index (κ3) is 4.77. The van der Waals surface area contributed by atoms with E-state index in [1.165, 1.54) is 5.56 Å². The molecule has 1 unspecified atom stereocenters. The number of aryl methyl sites for hydroxylation is 1. The van der Waals surface area contributed by atoms with Crippen LogP contribution in [0.15, 0.2) is 49.1 Å². The Balaban J connectivity index is 0.00000128. The van der Waals surface area contributed by atoms with Gasteiger partial charge in [-0.15, -0.1) is 24.8 Å². The van der Waals surface area contributed by atoms with Crippen LogP contribution in [0.1, 0.15) is 18.0 Å². The molecule has 1 aromatic carbocycles. The summed E-state index contributed by atoms with van der Waals surface area (Å²) in [6.45, 7) is 0.913. The molecule has 0 bridgehead atoms. The Hall–Kier alpha value is -1.03. The number of nitrogens with two attached hydrogens (primary N) is 1. The molecule has 2 N–H and O–H groups in total. The first-order valence-electron chi connectivity index (χ1n) is 5.12. The standard InChI is InChI=1S/C12H15N3.2ClH/c13-12(11-4-2-1-3-5-11)6-8-15-9-7-14-10-15;;/h1-5,7,9-10,12H,6,8,13H2;2*1H. The van der Waals surface area contributed by atoms with Gasteiger partial charge in [-0.2, -0.15) is 0 Å². The van der Waals surface area contributed by atoms with E-state index in [0.717, 1.165) is 13.0 Å². The minimum atomic E-state index is 0. The predicted molar refractivity (Wildman–Crippen MR) is 74.7 cm³/mol. The number of aromatic nitrogens is 2. The lowest BCUT2D eigenvalue weighted by Crippen LogP contribution is -2.12. The zero-order valence-corrected chi connectivity index (χ0v) is 11.0. The Morgan fingerprint density at radius 1 is 1.18 bits per heavy atom. The van der Waals surface area contributed by atoms with E-state index in [4.69, 9.17) is 5.73 Å². The fraction of sp³-hybridized carbons (Fsp3) is 0.250. The molecular formula is C12H17Cl2N3. The Morgan fingerprint density at radius 2 is 1.88 bits per heavy atom. The first kappa shape index (κ1) is 16.0. The molecule has 0 radical (unpaired) electrons. The lowest BCUT2D eigenvalue weighted by Gasteiger charge is -2.11. The normalized spacial score (nSPS) is 11.1. The summed E-state index contributed by atoms with van der Waals surface area (Å²) >= 11 is 0. The van der Waals surface area contributed by atoms with Gasteiger partial charge in [0.1, 0.15) is 0 Å². The molecule has 2 aromatic rings. The van der Waals surface area contributed by atoms with Crippen LogP contribution in [0.25, 0.3) is 0 Å². The first-order valence-corrected chi connectivity index (χ1v) is 5.12. The van der Waals surface area contributed by atoms with Crippen LogP contribution in [0.3, 0.4) is 0 Å². The van der Waals surface area contributed by atoms with Gasteiger partial charge in [0.05, 0.1) is 6.33 Å². The number of nitrogens with zero attached hydrogens (tertiary/aromatic N) is 2. The third-order valence-electron chi connectivity index (χ3n) is 2.49. The number of halogens is 2. The van der Waals surface area contributed by atoms with Gasteiger partial charge < -0.3 is 10.3 Å². The van der Waals surface area contributed by atoms with Gasteiger partial charge in [0, 0.05) is 25.0 Å². The number of hydrogen-bond donors (Lipinski definition) is 1. The zero-order valence-electron chi connectivity index (χ0n) is 9.40. The summed E-state index contributed by atoms with van der Waals surface area (Å²) in [5.41, 5.74) is 7.27. The van der Waals surface area contributed by atoms with E-state index >= 15 is 0 Å². The quantitative estimate of drug-likeness (QED) is 0.931. The molecule has 17 heavy (non-hydrogen) atoms. The summed E-state index contributed by atoms with van der Waals surface area (Å²) in [6, 6.07) is 10.3. The number of imidazole rings is 1. The number of hydrogen-bond acceptors (Lipinski definition) is 2. The maximum absolute atomic E-state index is 6.08. The highest BCUT2D eigenvalue weighted by Crippen LogP contribution is 2.13. The number of benzene rings is 1. The second kappa shape index (κ2) is 8.12. The van der Waals surface area contributed by atoms with Crippen molar-refractivity contribution in [2.75, 3.05) is 0 Å². The molecular weight excluding hydrogens is 257 g/mol. The van der Waals surface area contributed by atoms with Crippen molar-refractivity contribution in [2.45, 2.75) is 19.0 Å². The molecule has 0 aliphatic carbocycles. The Morgan fingerprint density at radius 3 is 2.47 bits per heavy atom. The van der Waals surface area contributed by atoms with Crippen LogP contribution in [0.4, 0.5) is 0 Å². The van der Waals surface area contributed by atoms with Gasteiger partial charge in [0.25, 0.3) is 0 Å². The SMILES string of the molecule is Cl.Cl.NC(CCn1ccnc1)c1ccccc1. The van der Waals surface area contributed by atoms with Crippen molar-refractivity contribution < 1.29 is 0 Å². The van der Waals surface area contributed by atoms with Crippen molar-refractivity contribution in [3.63, 3.8) is 0 Å². The summed E-state index contributed by atoms with van der Waals surface area (Å²) in [7, 11) is 0. The molecule has 0 saturated heterocycles. The second-order valence-electron chi connectivity index (χ2n) is 3.61. The highest BCUT2D eigenvalue weighted by molar-refractivity contribution is 5.85. The first-order chi connectivity index (χ1) is 7.36. The molecule has 0 fully saturated rings. The molecule has 0 aliphatic heterocycles. The molecule has 0 saturated carbocycles. The minimum absolute atomic E-state index is 0. The minimum Gasteiger partial charge on any atom is -0.337 e. The molecule has 0 amide bonds. The van der Waals surface area contributed by atoms with Crippen LogP contribution in [0, 0.1) is 0 Å². The lowest BCUT2D eigenvalue weighted by molar-refractivity contribution is 0.560. The monoisotopic (exact) mass is 273 g/mol. The second-order valence-corrected chi connectivity index (χ2v) is 3.61. The van der Waals surface area contributed by atoms with Crippen molar-refractivity contribution in [3.05, 3.63) is 54.6 Å². The van der Waals surface area contributed by atoms with E-state index in [1.807, 2.05) is 35.3 Å². The van der Waals surface area contributed by atoms with Crippen molar-refractivity contribution >= 4 is 24.8 Å². The lowest BCUT2D eigenvalue weighted by atomic mass is 10.1. The van der Waals surface area contributed by atoms with E-state index in [9.17, 15) is 0 Å². The van der Waals surface area contributed by atoms with Crippen LogP contribution in [0.5, 0.6) is 0 Å². The molecule has 1 atom stereocenters. The average Bonchev–Trinajstić information content (AvgIpc) is 2.80. The predicted octanol–water partition coefficient (Wildman–Crippen LogP) is 2.82. The third-order valence-corrected chi connectivity index (χ3v) is 2.49. The van der Waals surface area contributed by atoms with E-state index in [2.05, 4.69) is 17.1 Å². The molecule has 94 valence electrons. The Kier molecular flexibility index (Phi) is 7.63. The van der Waals surface area contributed by atoms with Crippen LogP contribution < -0.4 is 5.73 Å². The van der Waals surface area contributed by atoms with E-state index in [-0.39, 0.29) is 30.9 Å². The van der Waals surface area contributed by atoms with E-state index < -0.39 is 0 Å². The highest BCUT2D eigenvalue weighted by Gasteiger charge is 2.04. The van der Waals surface area contributed by atoms with Crippen LogP contribution >= 0.6 is 24.8 Å². The van der Waals surface area contributed by atoms with Crippen molar-refractivity contribution in [1.29, 1.82) is 0 Å². The van der Waals surface area contributed by atoms with Crippen molar-refractivity contribution in [3.8, 4) is 0 Å². The average molecular weight is 274 g/mol. The fourth-order valence-electron chi connectivity index (χ4n) is 1.57. The van der Waals surface area contributed by atoms with Crippen molar-refractivity contribution in [2.24, 2.45) is 5.73 Å². The molecule has 3 nitrogen and oxygen atoms in total. The summed E-state index contributed by atoms with van der Waals surface area (Å²) in [5, 5.41) is 0. The van der Waals surface area contributed by atoms with Gasteiger partial charge in [0.15, 0.2) is 0 Å². The maximum atomic E-state index is 6.08. The topological polar surface area (TPSA) is 43.8 Å². The molecule has 1 aromatic heterocycles. The Labute approximate surface area is 114 Å². The molecule has 2 rings (SSSR count). The summed E-state index contributed by atoms with van der Waals surface area (Å²) in [4.78, 5) is 4.00. The summed E-state index contributed by atoms with van der Waals surface area (Å²) in [6.07, 6.45) is 6.49. The number of rotatable bonds is 4. The molecule has 0 aliphatic rings. The molecule has 0 spiro atoms. The summed E-state index contributed by atoms with van der Waals surface area (Å²) < 4.78 is 2.04.